The predicted octanol–water partition coefficient (Wildman–Crippen LogP) is 1.59. The molecule has 0 amide bonds. The summed E-state index contributed by atoms with van der Waals surface area (Å²) in [6.07, 6.45) is 3.28. The highest BCUT2D eigenvalue weighted by Gasteiger charge is 2.14. The van der Waals surface area contributed by atoms with Crippen LogP contribution in [-0.4, -0.2) is 20.4 Å². The van der Waals surface area contributed by atoms with Gasteiger partial charge in [-0.15, -0.1) is 0 Å². The van der Waals surface area contributed by atoms with Crippen molar-refractivity contribution in [3.05, 3.63) is 59.4 Å². The zero-order valence-corrected chi connectivity index (χ0v) is 12.9. The fourth-order valence-corrected chi connectivity index (χ4v) is 3.03. The van der Waals surface area contributed by atoms with E-state index in [1.165, 1.54) is 0 Å². The second-order valence-electron chi connectivity index (χ2n) is 4.80. The van der Waals surface area contributed by atoms with Crippen molar-refractivity contribution in [2.24, 2.45) is 0 Å². The first-order valence-electron chi connectivity index (χ1n) is 6.65. The van der Waals surface area contributed by atoms with Crippen molar-refractivity contribution < 1.29 is 8.42 Å². The maximum absolute atomic E-state index is 12.3. The molecule has 5 nitrogen and oxygen atoms in total. The highest BCUT2D eigenvalue weighted by atomic mass is 32.2. The van der Waals surface area contributed by atoms with Gasteiger partial charge in [0.2, 0.25) is 10.0 Å². The molecule has 2 rings (SSSR count). The van der Waals surface area contributed by atoms with Crippen molar-refractivity contribution in [3.63, 3.8) is 0 Å². The summed E-state index contributed by atoms with van der Waals surface area (Å²) in [7, 11) is -1.68. The Morgan fingerprint density at radius 3 is 2.48 bits per heavy atom. The van der Waals surface area contributed by atoms with Gasteiger partial charge in [0.15, 0.2) is 0 Å². The number of rotatable bonds is 6. The Morgan fingerprint density at radius 1 is 1.10 bits per heavy atom. The number of sulfonamides is 1. The van der Waals surface area contributed by atoms with E-state index in [0.717, 1.165) is 16.7 Å². The normalized spacial score (nSPS) is 11.5. The molecule has 0 aliphatic carbocycles. The van der Waals surface area contributed by atoms with Gasteiger partial charge < -0.3 is 5.32 Å². The molecule has 2 N–H and O–H groups in total. The first kappa shape index (κ1) is 15.6. The minimum Gasteiger partial charge on any atom is -0.316 e. The van der Waals surface area contributed by atoms with Gasteiger partial charge in [-0.2, -0.15) is 0 Å². The van der Waals surface area contributed by atoms with Crippen molar-refractivity contribution in [2.75, 3.05) is 7.05 Å². The van der Waals surface area contributed by atoms with Crippen LogP contribution in [0.15, 0.2) is 47.6 Å². The van der Waals surface area contributed by atoms with Crippen molar-refractivity contribution >= 4 is 10.0 Å². The Bertz CT molecular complexity index is 700. The highest BCUT2D eigenvalue weighted by Crippen LogP contribution is 2.16. The van der Waals surface area contributed by atoms with E-state index in [-0.39, 0.29) is 11.4 Å². The van der Waals surface area contributed by atoms with E-state index in [9.17, 15) is 8.42 Å². The minimum absolute atomic E-state index is 0.250. The molecule has 21 heavy (non-hydrogen) atoms. The number of hydrogen-bond acceptors (Lipinski definition) is 4. The Balaban J connectivity index is 2.17. The Labute approximate surface area is 125 Å². The monoisotopic (exact) mass is 305 g/mol. The molecule has 0 saturated heterocycles. The van der Waals surface area contributed by atoms with Gasteiger partial charge in [0.05, 0.1) is 4.90 Å². The van der Waals surface area contributed by atoms with Crippen LogP contribution in [0.3, 0.4) is 0 Å². The van der Waals surface area contributed by atoms with Gasteiger partial charge in [0.25, 0.3) is 0 Å². The number of pyridine rings is 1. The molecular formula is C15H19N3O2S. The topological polar surface area (TPSA) is 71.1 Å². The number of nitrogens with one attached hydrogen (secondary N) is 2. The summed E-state index contributed by atoms with van der Waals surface area (Å²) in [6, 6.07) is 8.73. The molecule has 0 bridgehead atoms. The molecular weight excluding hydrogens is 286 g/mol. The van der Waals surface area contributed by atoms with E-state index >= 15 is 0 Å². The van der Waals surface area contributed by atoms with Crippen LogP contribution in [0.25, 0.3) is 0 Å². The lowest BCUT2D eigenvalue weighted by atomic mass is 10.1. The average molecular weight is 305 g/mol. The lowest BCUT2D eigenvalue weighted by molar-refractivity contribution is 0.581. The van der Waals surface area contributed by atoms with Crippen LogP contribution in [0.4, 0.5) is 0 Å². The molecule has 1 aromatic carbocycles. The number of nitrogens with zero attached hydrogens (tertiary/aromatic N) is 1. The number of benzene rings is 1. The lowest BCUT2D eigenvalue weighted by Crippen LogP contribution is -2.23. The number of aryl methyl sites for hydroxylation is 1. The van der Waals surface area contributed by atoms with Gasteiger partial charge in [-0.25, -0.2) is 13.1 Å². The minimum atomic E-state index is -3.51. The van der Waals surface area contributed by atoms with Crippen molar-refractivity contribution in [3.8, 4) is 0 Å². The Morgan fingerprint density at radius 2 is 1.81 bits per heavy atom. The molecule has 0 unspecified atom stereocenters. The van der Waals surface area contributed by atoms with Crippen LogP contribution in [0.1, 0.15) is 16.7 Å². The van der Waals surface area contributed by atoms with Crippen molar-refractivity contribution in [1.29, 1.82) is 0 Å². The summed E-state index contributed by atoms with van der Waals surface area (Å²) in [5.41, 5.74) is 2.91. The van der Waals surface area contributed by atoms with Crippen LogP contribution >= 0.6 is 0 Å². The van der Waals surface area contributed by atoms with E-state index in [4.69, 9.17) is 0 Å². The molecule has 6 heteroatoms. The van der Waals surface area contributed by atoms with E-state index in [1.54, 1.807) is 36.7 Å². The summed E-state index contributed by atoms with van der Waals surface area (Å²) >= 11 is 0. The molecule has 112 valence electrons. The molecule has 0 radical (unpaired) electrons. The second kappa shape index (κ2) is 6.80. The molecule has 0 spiro atoms. The third-order valence-electron chi connectivity index (χ3n) is 3.21. The standard InChI is InChI=1S/C15H19N3O2S/c1-12-3-4-15(9-14(12)11-16-2)21(19,20)18-10-13-5-7-17-8-6-13/h3-9,16,18H,10-11H2,1-2H3. The summed E-state index contributed by atoms with van der Waals surface area (Å²) < 4.78 is 27.3. The molecule has 0 atom stereocenters. The van der Waals surface area contributed by atoms with Gasteiger partial charge >= 0.3 is 0 Å². The van der Waals surface area contributed by atoms with Gasteiger partial charge in [0, 0.05) is 25.5 Å². The average Bonchev–Trinajstić information content (AvgIpc) is 2.49. The smallest absolute Gasteiger partial charge is 0.240 e. The fraction of sp³-hybridized carbons (Fsp3) is 0.267. The first-order valence-corrected chi connectivity index (χ1v) is 8.14. The van der Waals surface area contributed by atoms with E-state index in [2.05, 4.69) is 15.0 Å². The maximum Gasteiger partial charge on any atom is 0.240 e. The van der Waals surface area contributed by atoms with E-state index < -0.39 is 10.0 Å². The van der Waals surface area contributed by atoms with Crippen molar-refractivity contribution in [2.45, 2.75) is 24.9 Å². The van der Waals surface area contributed by atoms with Gasteiger partial charge in [-0.05, 0) is 54.9 Å². The molecule has 0 saturated carbocycles. The molecule has 2 aromatic rings. The zero-order valence-electron chi connectivity index (χ0n) is 12.1. The van der Waals surface area contributed by atoms with Crippen LogP contribution < -0.4 is 10.0 Å². The molecule has 0 aliphatic heterocycles. The number of hydrogen-bond donors (Lipinski definition) is 2. The maximum atomic E-state index is 12.3. The van der Waals surface area contributed by atoms with Crippen LogP contribution in [0.2, 0.25) is 0 Å². The molecule has 0 aliphatic rings. The van der Waals surface area contributed by atoms with Crippen LogP contribution in [0, 0.1) is 6.92 Å². The van der Waals surface area contributed by atoms with Crippen molar-refractivity contribution in [1.82, 2.24) is 15.0 Å². The predicted molar refractivity (Wildman–Crippen MR) is 82.2 cm³/mol. The molecule has 1 aromatic heterocycles. The quantitative estimate of drug-likeness (QED) is 0.850. The van der Waals surface area contributed by atoms with E-state index in [0.29, 0.717) is 6.54 Å². The van der Waals surface area contributed by atoms with E-state index in [1.807, 2.05) is 20.0 Å². The van der Waals surface area contributed by atoms with Crippen LogP contribution in [-0.2, 0) is 23.1 Å². The van der Waals surface area contributed by atoms with Gasteiger partial charge in [0.1, 0.15) is 0 Å². The zero-order chi connectivity index (χ0) is 15.3. The third kappa shape index (κ3) is 4.10. The van der Waals surface area contributed by atoms with Gasteiger partial charge in [-0.1, -0.05) is 6.07 Å². The molecule has 0 fully saturated rings. The van der Waals surface area contributed by atoms with Gasteiger partial charge in [-0.3, -0.25) is 4.98 Å². The number of aromatic nitrogens is 1. The lowest BCUT2D eigenvalue weighted by Gasteiger charge is -2.10. The highest BCUT2D eigenvalue weighted by molar-refractivity contribution is 7.89. The summed E-state index contributed by atoms with van der Waals surface area (Å²) in [5, 5.41) is 3.04. The SMILES string of the molecule is CNCc1cc(S(=O)(=O)NCc2ccncc2)ccc1C. The fourth-order valence-electron chi connectivity index (χ4n) is 1.96. The largest absolute Gasteiger partial charge is 0.316 e. The van der Waals surface area contributed by atoms with Crippen LogP contribution in [0.5, 0.6) is 0 Å². The summed E-state index contributed by atoms with van der Waals surface area (Å²) in [5.74, 6) is 0. The Hall–Kier alpha value is -1.76. The first-order chi connectivity index (χ1) is 10.0. The second-order valence-corrected chi connectivity index (χ2v) is 6.57. The summed E-state index contributed by atoms with van der Waals surface area (Å²) in [6.45, 7) is 2.85. The Kier molecular flexibility index (Phi) is 5.06. The molecule has 1 heterocycles. The third-order valence-corrected chi connectivity index (χ3v) is 4.61. The summed E-state index contributed by atoms with van der Waals surface area (Å²) in [4.78, 5) is 4.19.